The van der Waals surface area contributed by atoms with Crippen molar-refractivity contribution >= 4 is 14.3 Å². The highest BCUT2D eigenvalue weighted by atomic mass is 28.4. The number of carboxylic acids is 1. The van der Waals surface area contributed by atoms with Gasteiger partial charge in [0, 0.05) is 13.0 Å². The average molecular weight is 311 g/mol. The van der Waals surface area contributed by atoms with E-state index in [-0.39, 0.29) is 11.0 Å². The molecule has 0 fully saturated rings. The number of nitrogens with zero attached hydrogens (tertiary/aromatic N) is 3. The Hall–Kier alpha value is -1.21. The third-order valence-corrected chi connectivity index (χ3v) is 9.25. The zero-order valence-corrected chi connectivity index (χ0v) is 14.5. The summed E-state index contributed by atoms with van der Waals surface area (Å²) in [7, 11) is -1.84. The van der Waals surface area contributed by atoms with Crippen LogP contribution < -0.4 is 0 Å². The quantitative estimate of drug-likeness (QED) is 0.864. The summed E-state index contributed by atoms with van der Waals surface area (Å²) in [6.07, 6.45) is 1.12. The Morgan fingerprint density at radius 2 is 2.14 bits per heavy atom. The normalized spacial score (nSPS) is 19.4. The lowest BCUT2D eigenvalue weighted by atomic mass is 9.95. The molecule has 1 aromatic heterocycles. The summed E-state index contributed by atoms with van der Waals surface area (Å²) in [5.41, 5.74) is 1.72. The molecule has 0 saturated heterocycles. The van der Waals surface area contributed by atoms with Crippen LogP contribution in [0.15, 0.2) is 0 Å². The van der Waals surface area contributed by atoms with Crippen molar-refractivity contribution < 1.29 is 14.3 Å². The van der Waals surface area contributed by atoms with Crippen molar-refractivity contribution in [1.82, 2.24) is 15.0 Å². The fourth-order valence-corrected chi connectivity index (χ4v) is 3.10. The summed E-state index contributed by atoms with van der Waals surface area (Å²) in [5, 5.41) is 17.6. The van der Waals surface area contributed by atoms with Gasteiger partial charge in [0.25, 0.3) is 0 Å². The van der Waals surface area contributed by atoms with Crippen LogP contribution in [0.25, 0.3) is 0 Å². The van der Waals surface area contributed by atoms with Crippen LogP contribution in [-0.4, -0.2) is 34.4 Å². The summed E-state index contributed by atoms with van der Waals surface area (Å²) >= 11 is 0. The van der Waals surface area contributed by atoms with E-state index in [1.165, 1.54) is 0 Å². The molecule has 0 aliphatic carbocycles. The van der Waals surface area contributed by atoms with Crippen LogP contribution in [0.2, 0.25) is 18.1 Å². The number of aryl methyl sites for hydroxylation is 1. The Kier molecular flexibility index (Phi) is 4.26. The van der Waals surface area contributed by atoms with E-state index in [2.05, 4.69) is 44.2 Å². The van der Waals surface area contributed by atoms with Crippen molar-refractivity contribution in [2.45, 2.75) is 64.9 Å². The van der Waals surface area contributed by atoms with E-state index in [0.717, 1.165) is 11.4 Å². The molecule has 1 aliphatic rings. The number of carboxylic acid groups (broad SMARTS) is 1. The molecule has 2 heterocycles. The van der Waals surface area contributed by atoms with E-state index in [1.807, 2.05) is 4.68 Å². The van der Waals surface area contributed by atoms with Gasteiger partial charge in [0.15, 0.2) is 8.32 Å². The number of hydrogen-bond donors (Lipinski definition) is 1. The van der Waals surface area contributed by atoms with Gasteiger partial charge in [0.1, 0.15) is 5.69 Å². The Morgan fingerprint density at radius 3 is 2.71 bits per heavy atom. The standard InChI is InChI=1S/C14H25N3O3Si/c1-14(2,3)21(4,5)20-9-11-12-8-10(13(18)19)6-7-17(12)16-15-11/h10H,6-9H2,1-5H3,(H,18,19). The maximum Gasteiger partial charge on any atom is 0.306 e. The van der Waals surface area contributed by atoms with Crippen LogP contribution in [0.4, 0.5) is 0 Å². The molecule has 118 valence electrons. The van der Waals surface area contributed by atoms with Crippen LogP contribution in [0, 0.1) is 5.92 Å². The fraction of sp³-hybridized carbons (Fsp3) is 0.786. The molecule has 0 bridgehead atoms. The van der Waals surface area contributed by atoms with Crippen LogP contribution >= 0.6 is 0 Å². The molecular formula is C14H25N3O3Si. The first-order valence-electron chi connectivity index (χ1n) is 7.40. The number of aliphatic carboxylic acids is 1. The molecule has 0 spiro atoms. The maximum absolute atomic E-state index is 11.2. The van der Waals surface area contributed by atoms with Crippen LogP contribution in [0.1, 0.15) is 38.6 Å². The first kappa shape index (κ1) is 16.2. The van der Waals surface area contributed by atoms with Gasteiger partial charge in [0.2, 0.25) is 0 Å². The third kappa shape index (κ3) is 3.34. The van der Waals surface area contributed by atoms with Gasteiger partial charge >= 0.3 is 5.97 Å². The monoisotopic (exact) mass is 311 g/mol. The molecule has 6 nitrogen and oxygen atoms in total. The molecule has 0 saturated carbocycles. The highest BCUT2D eigenvalue weighted by molar-refractivity contribution is 6.74. The van der Waals surface area contributed by atoms with Crippen molar-refractivity contribution in [3.8, 4) is 0 Å². The van der Waals surface area contributed by atoms with Crippen LogP contribution in [0.3, 0.4) is 0 Å². The summed E-state index contributed by atoms with van der Waals surface area (Å²) < 4.78 is 8.00. The topological polar surface area (TPSA) is 77.2 Å². The second-order valence-electron chi connectivity index (χ2n) is 7.28. The van der Waals surface area contributed by atoms with Crippen molar-refractivity contribution in [2.75, 3.05) is 0 Å². The van der Waals surface area contributed by atoms with Gasteiger partial charge in [0.05, 0.1) is 18.2 Å². The highest BCUT2D eigenvalue weighted by Crippen LogP contribution is 2.37. The Labute approximate surface area is 126 Å². The van der Waals surface area contributed by atoms with Gasteiger partial charge in [-0.2, -0.15) is 0 Å². The van der Waals surface area contributed by atoms with Crippen LogP contribution in [-0.2, 0) is 28.8 Å². The minimum atomic E-state index is -1.84. The SMILES string of the molecule is CC(C)(C)[Si](C)(C)OCc1nnn2c1CC(C(=O)O)CC2. The Bertz CT molecular complexity index is 534. The number of hydrogen-bond acceptors (Lipinski definition) is 4. The highest BCUT2D eigenvalue weighted by Gasteiger charge is 2.38. The third-order valence-electron chi connectivity index (χ3n) is 4.77. The Balaban J connectivity index is 2.10. The van der Waals surface area contributed by atoms with Gasteiger partial charge in [-0.1, -0.05) is 26.0 Å². The molecule has 1 N–H and O–H groups in total. The van der Waals surface area contributed by atoms with Gasteiger partial charge in [-0.05, 0) is 24.6 Å². The Morgan fingerprint density at radius 1 is 1.48 bits per heavy atom. The largest absolute Gasteiger partial charge is 0.481 e. The molecule has 1 aliphatic heterocycles. The summed E-state index contributed by atoms with van der Waals surface area (Å²) in [6.45, 7) is 12.0. The summed E-state index contributed by atoms with van der Waals surface area (Å²) in [5.74, 6) is -1.07. The molecule has 0 radical (unpaired) electrons. The molecule has 0 aromatic carbocycles. The summed E-state index contributed by atoms with van der Waals surface area (Å²) in [6, 6.07) is 0. The van der Waals surface area contributed by atoms with Crippen molar-refractivity contribution in [3.63, 3.8) is 0 Å². The number of aromatic nitrogens is 3. The molecule has 0 amide bonds. The van der Waals surface area contributed by atoms with Crippen LogP contribution in [0.5, 0.6) is 0 Å². The number of carbonyl (C=O) groups is 1. The summed E-state index contributed by atoms with van der Waals surface area (Å²) in [4.78, 5) is 11.2. The van der Waals surface area contributed by atoms with Gasteiger partial charge in [-0.25, -0.2) is 4.68 Å². The zero-order valence-electron chi connectivity index (χ0n) is 13.5. The fourth-order valence-electron chi connectivity index (χ4n) is 2.17. The van der Waals surface area contributed by atoms with E-state index in [1.54, 1.807) is 0 Å². The van der Waals surface area contributed by atoms with Gasteiger partial charge in [-0.15, -0.1) is 5.10 Å². The predicted octanol–water partition coefficient (Wildman–Crippen LogP) is 2.45. The molecule has 1 aromatic rings. The lowest BCUT2D eigenvalue weighted by molar-refractivity contribution is -0.142. The lowest BCUT2D eigenvalue weighted by Gasteiger charge is -2.36. The first-order valence-corrected chi connectivity index (χ1v) is 10.3. The number of fused-ring (bicyclic) bond motifs is 1. The lowest BCUT2D eigenvalue weighted by Crippen LogP contribution is -2.40. The molecule has 2 rings (SSSR count). The van der Waals surface area contributed by atoms with Gasteiger partial charge in [-0.3, -0.25) is 4.79 Å². The van der Waals surface area contributed by atoms with E-state index in [0.29, 0.717) is 26.0 Å². The smallest absolute Gasteiger partial charge is 0.306 e. The van der Waals surface area contributed by atoms with E-state index >= 15 is 0 Å². The maximum atomic E-state index is 11.2. The van der Waals surface area contributed by atoms with Crippen molar-refractivity contribution in [3.05, 3.63) is 11.4 Å². The average Bonchev–Trinajstić information content (AvgIpc) is 2.77. The van der Waals surface area contributed by atoms with Gasteiger partial charge < -0.3 is 9.53 Å². The zero-order chi connectivity index (χ0) is 15.8. The van der Waals surface area contributed by atoms with E-state index in [4.69, 9.17) is 4.43 Å². The second-order valence-corrected chi connectivity index (χ2v) is 12.1. The number of rotatable bonds is 4. The first-order chi connectivity index (χ1) is 9.62. The van der Waals surface area contributed by atoms with Crippen molar-refractivity contribution in [1.29, 1.82) is 0 Å². The van der Waals surface area contributed by atoms with Crippen molar-refractivity contribution in [2.24, 2.45) is 5.92 Å². The molecular weight excluding hydrogens is 286 g/mol. The predicted molar refractivity (Wildman–Crippen MR) is 81.5 cm³/mol. The minimum Gasteiger partial charge on any atom is -0.481 e. The van der Waals surface area contributed by atoms with E-state index < -0.39 is 14.3 Å². The molecule has 1 unspecified atom stereocenters. The second kappa shape index (κ2) is 5.53. The molecule has 7 heteroatoms. The van der Waals surface area contributed by atoms with E-state index in [9.17, 15) is 9.90 Å². The molecule has 1 atom stereocenters. The molecule has 21 heavy (non-hydrogen) atoms. The minimum absolute atomic E-state index is 0.143.